The summed E-state index contributed by atoms with van der Waals surface area (Å²) in [6.07, 6.45) is -3.56. The van der Waals surface area contributed by atoms with Crippen LogP contribution in [0.25, 0.3) is 0 Å². The number of aliphatic hydroxyl groups is 1. The zero-order valence-electron chi connectivity index (χ0n) is 12.9. The number of rotatable bonds is 2. The van der Waals surface area contributed by atoms with Gasteiger partial charge in [0.1, 0.15) is 5.69 Å². The number of halogens is 3. The van der Waals surface area contributed by atoms with Gasteiger partial charge in [-0.05, 0) is 30.2 Å². The van der Waals surface area contributed by atoms with Gasteiger partial charge in [0, 0.05) is 19.8 Å². The number of amides is 1. The Morgan fingerprint density at radius 1 is 1.33 bits per heavy atom. The molecule has 1 N–H and O–H groups in total. The number of nitrogens with zero attached hydrogens (tertiary/aromatic N) is 3. The minimum absolute atomic E-state index is 0.0743. The maximum atomic E-state index is 12.9. The first kappa shape index (κ1) is 16.5. The Morgan fingerprint density at radius 3 is 2.71 bits per heavy atom. The van der Waals surface area contributed by atoms with Crippen molar-refractivity contribution in [3.8, 4) is 0 Å². The Kier molecular flexibility index (Phi) is 4.08. The fourth-order valence-electron chi connectivity index (χ4n) is 3.01. The van der Waals surface area contributed by atoms with E-state index >= 15 is 0 Å². The van der Waals surface area contributed by atoms with Crippen molar-refractivity contribution in [2.45, 2.75) is 24.7 Å². The van der Waals surface area contributed by atoms with Crippen LogP contribution in [-0.2, 0) is 13.2 Å². The molecule has 8 heteroatoms. The molecule has 2 atom stereocenters. The molecule has 0 bridgehead atoms. The lowest BCUT2D eigenvalue weighted by Crippen LogP contribution is -2.33. The summed E-state index contributed by atoms with van der Waals surface area (Å²) >= 11 is 0. The third kappa shape index (κ3) is 3.01. The first-order chi connectivity index (χ1) is 11.3. The molecule has 1 fully saturated rings. The summed E-state index contributed by atoms with van der Waals surface area (Å²) in [7, 11) is 1.61. The summed E-state index contributed by atoms with van der Waals surface area (Å²) in [4.78, 5) is 14.1. The Bertz CT molecular complexity index is 757. The number of β-amino-alcohol motifs (C(OH)–C–C–N with tert-alkyl or cyclic N) is 1. The number of aliphatic hydroxyl groups excluding tert-OH is 1. The lowest BCUT2D eigenvalue weighted by atomic mass is 10.0. The minimum atomic E-state index is -4.45. The fraction of sp³-hybridized carbons (Fsp3) is 0.375. The highest BCUT2D eigenvalue weighted by atomic mass is 19.4. The number of hydrogen-bond acceptors (Lipinski definition) is 3. The highest BCUT2D eigenvalue weighted by Crippen LogP contribution is 2.36. The molecule has 0 spiro atoms. The normalized spacial score (nSPS) is 21.3. The zero-order valence-corrected chi connectivity index (χ0v) is 12.9. The minimum Gasteiger partial charge on any atom is -0.391 e. The van der Waals surface area contributed by atoms with Crippen molar-refractivity contribution in [1.29, 1.82) is 0 Å². The van der Waals surface area contributed by atoms with Gasteiger partial charge in [-0.15, -0.1) is 0 Å². The zero-order chi connectivity index (χ0) is 17.5. The summed E-state index contributed by atoms with van der Waals surface area (Å²) in [6, 6.07) is 5.81. The summed E-state index contributed by atoms with van der Waals surface area (Å²) in [5.74, 6) is -0.367. The molecule has 0 unspecified atom stereocenters. The van der Waals surface area contributed by atoms with Gasteiger partial charge in [0.05, 0.1) is 17.7 Å². The van der Waals surface area contributed by atoms with E-state index < -0.39 is 23.9 Å². The highest BCUT2D eigenvalue weighted by Gasteiger charge is 2.38. The number of likely N-dealkylation sites (tertiary alicyclic amines) is 1. The first-order valence-corrected chi connectivity index (χ1v) is 7.41. The van der Waals surface area contributed by atoms with Crippen molar-refractivity contribution in [2.24, 2.45) is 7.05 Å². The van der Waals surface area contributed by atoms with Gasteiger partial charge in [0.15, 0.2) is 0 Å². The number of carbonyl (C=O) groups excluding carboxylic acids is 1. The monoisotopic (exact) mass is 339 g/mol. The number of alkyl halides is 3. The smallest absolute Gasteiger partial charge is 0.391 e. The second kappa shape index (κ2) is 5.94. The maximum Gasteiger partial charge on any atom is 0.416 e. The summed E-state index contributed by atoms with van der Waals surface area (Å²) in [6.45, 7) is 0.0743. The lowest BCUT2D eigenvalue weighted by Gasteiger charge is -2.25. The van der Waals surface area contributed by atoms with E-state index in [9.17, 15) is 23.1 Å². The number of aromatic nitrogens is 2. The molecule has 0 aliphatic carbocycles. The summed E-state index contributed by atoms with van der Waals surface area (Å²) < 4.78 is 40.2. The second-order valence-corrected chi connectivity index (χ2v) is 5.83. The lowest BCUT2D eigenvalue weighted by molar-refractivity contribution is -0.137. The van der Waals surface area contributed by atoms with Crippen LogP contribution in [0.1, 0.15) is 34.1 Å². The molecule has 1 aliphatic rings. The van der Waals surface area contributed by atoms with Crippen molar-refractivity contribution >= 4 is 5.91 Å². The van der Waals surface area contributed by atoms with Crippen LogP contribution in [0.4, 0.5) is 13.2 Å². The standard InChI is InChI=1S/C16H16F3N3O2/c1-21-13(5-6-20-21)15(24)22-9-12(23)8-14(22)10-3-2-4-11(7-10)16(17,18)19/h2-7,12,14,23H,8-9H2,1H3/t12-,14-/m1/s1. The van der Waals surface area contributed by atoms with Crippen LogP contribution in [0.2, 0.25) is 0 Å². The number of aryl methyl sites for hydroxylation is 1. The van der Waals surface area contributed by atoms with Crippen molar-refractivity contribution in [1.82, 2.24) is 14.7 Å². The van der Waals surface area contributed by atoms with Gasteiger partial charge in [-0.2, -0.15) is 18.3 Å². The van der Waals surface area contributed by atoms with Gasteiger partial charge >= 0.3 is 6.18 Å². The van der Waals surface area contributed by atoms with Crippen LogP contribution < -0.4 is 0 Å². The number of carbonyl (C=O) groups is 1. The number of hydrogen-bond donors (Lipinski definition) is 1. The summed E-state index contributed by atoms with van der Waals surface area (Å²) in [5, 5.41) is 13.9. The SMILES string of the molecule is Cn1nccc1C(=O)N1C[C@H](O)C[C@@H]1c1cccc(C(F)(F)F)c1. The van der Waals surface area contributed by atoms with E-state index in [-0.39, 0.29) is 18.9 Å². The van der Waals surface area contributed by atoms with Crippen molar-refractivity contribution in [3.05, 3.63) is 53.3 Å². The van der Waals surface area contributed by atoms with Crippen LogP contribution in [0, 0.1) is 0 Å². The largest absolute Gasteiger partial charge is 0.416 e. The molecule has 2 aromatic rings. The van der Waals surface area contributed by atoms with Gasteiger partial charge in [-0.25, -0.2) is 0 Å². The fourth-order valence-corrected chi connectivity index (χ4v) is 3.01. The molecule has 0 saturated carbocycles. The summed E-state index contributed by atoms with van der Waals surface area (Å²) in [5.41, 5.74) is -0.0905. The number of benzene rings is 1. The average molecular weight is 339 g/mol. The third-order valence-electron chi connectivity index (χ3n) is 4.18. The van der Waals surface area contributed by atoms with Crippen LogP contribution in [0.5, 0.6) is 0 Å². The van der Waals surface area contributed by atoms with Crippen LogP contribution in [0.15, 0.2) is 36.5 Å². The molecule has 1 aliphatic heterocycles. The van der Waals surface area contributed by atoms with E-state index in [1.54, 1.807) is 13.1 Å². The molecule has 1 aromatic carbocycles. The van der Waals surface area contributed by atoms with Gasteiger partial charge in [-0.1, -0.05) is 12.1 Å². The molecule has 2 heterocycles. The predicted octanol–water partition coefficient (Wildman–Crippen LogP) is 2.39. The van der Waals surface area contributed by atoms with E-state index in [0.29, 0.717) is 11.3 Å². The molecule has 24 heavy (non-hydrogen) atoms. The molecule has 5 nitrogen and oxygen atoms in total. The molecule has 0 radical (unpaired) electrons. The van der Waals surface area contributed by atoms with E-state index in [1.807, 2.05) is 0 Å². The van der Waals surface area contributed by atoms with Crippen molar-refractivity contribution in [2.75, 3.05) is 6.54 Å². The van der Waals surface area contributed by atoms with Crippen molar-refractivity contribution in [3.63, 3.8) is 0 Å². The quantitative estimate of drug-likeness (QED) is 0.914. The van der Waals surface area contributed by atoms with Crippen LogP contribution in [-0.4, -0.2) is 38.3 Å². The molecule has 1 saturated heterocycles. The second-order valence-electron chi connectivity index (χ2n) is 5.83. The Labute approximate surface area is 136 Å². The maximum absolute atomic E-state index is 12.9. The van der Waals surface area contributed by atoms with Gasteiger partial charge in [0.2, 0.25) is 0 Å². The van der Waals surface area contributed by atoms with Crippen LogP contribution in [0.3, 0.4) is 0 Å². The van der Waals surface area contributed by atoms with E-state index in [2.05, 4.69) is 5.10 Å². The van der Waals surface area contributed by atoms with E-state index in [0.717, 1.165) is 12.1 Å². The molecule has 128 valence electrons. The van der Waals surface area contributed by atoms with Crippen LogP contribution >= 0.6 is 0 Å². The molecule has 1 amide bonds. The molecule has 1 aromatic heterocycles. The molecular formula is C16H16F3N3O2. The van der Waals surface area contributed by atoms with Gasteiger partial charge in [0.25, 0.3) is 5.91 Å². The average Bonchev–Trinajstić information content (AvgIpc) is 3.12. The first-order valence-electron chi connectivity index (χ1n) is 7.41. The highest BCUT2D eigenvalue weighted by molar-refractivity contribution is 5.93. The van der Waals surface area contributed by atoms with Gasteiger partial charge in [-0.3, -0.25) is 9.48 Å². The molecule has 3 rings (SSSR count). The Balaban J connectivity index is 1.94. The van der Waals surface area contributed by atoms with Crippen molar-refractivity contribution < 1.29 is 23.1 Å². The topological polar surface area (TPSA) is 58.4 Å². The van der Waals surface area contributed by atoms with E-state index in [1.165, 1.54) is 27.9 Å². The Morgan fingerprint density at radius 2 is 2.08 bits per heavy atom. The van der Waals surface area contributed by atoms with E-state index in [4.69, 9.17) is 0 Å². The molecular weight excluding hydrogens is 323 g/mol. The Hall–Kier alpha value is -2.35. The van der Waals surface area contributed by atoms with Gasteiger partial charge < -0.3 is 10.0 Å². The predicted molar refractivity (Wildman–Crippen MR) is 79.1 cm³/mol. The third-order valence-corrected chi connectivity index (χ3v) is 4.18.